The summed E-state index contributed by atoms with van der Waals surface area (Å²) in [6, 6.07) is 1.54. The molecule has 0 saturated heterocycles. The van der Waals surface area contributed by atoms with Gasteiger partial charge in [0, 0.05) is 18.6 Å². The lowest BCUT2D eigenvalue weighted by molar-refractivity contribution is 0.461. The first-order valence-corrected chi connectivity index (χ1v) is 5.33. The maximum absolute atomic E-state index is 3.55. The monoisotopic (exact) mass is 170 g/mol. The molecule has 2 heteroatoms. The highest BCUT2D eigenvalue weighted by Crippen LogP contribution is 2.18. The van der Waals surface area contributed by atoms with Crippen LogP contribution in [0.15, 0.2) is 0 Å². The van der Waals surface area contributed by atoms with Gasteiger partial charge in [0.15, 0.2) is 0 Å². The molecule has 1 rings (SSSR count). The van der Waals surface area contributed by atoms with E-state index in [0.29, 0.717) is 6.04 Å². The van der Waals surface area contributed by atoms with Crippen LogP contribution in [-0.4, -0.2) is 25.2 Å². The van der Waals surface area contributed by atoms with Crippen LogP contribution in [0, 0.1) is 0 Å². The maximum Gasteiger partial charge on any atom is 0.0189 e. The van der Waals surface area contributed by atoms with Crippen LogP contribution in [0.1, 0.15) is 39.5 Å². The first kappa shape index (κ1) is 10.0. The van der Waals surface area contributed by atoms with E-state index in [0.717, 1.165) is 19.1 Å². The van der Waals surface area contributed by atoms with Crippen LogP contribution < -0.4 is 10.6 Å². The lowest BCUT2D eigenvalue weighted by Gasteiger charge is -2.16. The molecule has 1 fully saturated rings. The molecule has 0 bridgehead atoms. The molecule has 0 unspecified atom stereocenters. The fourth-order valence-electron chi connectivity index (χ4n) is 1.31. The van der Waals surface area contributed by atoms with E-state index in [4.69, 9.17) is 0 Å². The van der Waals surface area contributed by atoms with Gasteiger partial charge >= 0.3 is 0 Å². The maximum atomic E-state index is 3.55. The van der Waals surface area contributed by atoms with Crippen molar-refractivity contribution in [3.05, 3.63) is 0 Å². The SMILES string of the molecule is CCCN[C@@H](CC)CNC1CC1. The summed E-state index contributed by atoms with van der Waals surface area (Å²) in [5, 5.41) is 7.09. The van der Waals surface area contributed by atoms with Gasteiger partial charge in [0.25, 0.3) is 0 Å². The van der Waals surface area contributed by atoms with Crippen molar-refractivity contribution in [2.45, 2.75) is 51.6 Å². The fraction of sp³-hybridized carbons (Fsp3) is 1.00. The lowest BCUT2D eigenvalue weighted by Crippen LogP contribution is -2.39. The van der Waals surface area contributed by atoms with Crippen LogP contribution in [-0.2, 0) is 0 Å². The topological polar surface area (TPSA) is 24.1 Å². The lowest BCUT2D eigenvalue weighted by atomic mass is 10.2. The Bertz CT molecular complexity index is 110. The Balaban J connectivity index is 1.98. The summed E-state index contributed by atoms with van der Waals surface area (Å²) in [5.74, 6) is 0. The van der Waals surface area contributed by atoms with E-state index < -0.39 is 0 Å². The molecule has 72 valence electrons. The summed E-state index contributed by atoms with van der Waals surface area (Å²) in [6.07, 6.45) is 5.26. The van der Waals surface area contributed by atoms with Gasteiger partial charge < -0.3 is 10.6 Å². The molecule has 0 spiro atoms. The standard InChI is InChI=1S/C10H22N2/c1-3-7-11-9(4-2)8-12-10-5-6-10/h9-12H,3-8H2,1-2H3/t9-/m0/s1. The van der Waals surface area contributed by atoms with Gasteiger partial charge in [-0.15, -0.1) is 0 Å². The van der Waals surface area contributed by atoms with Crippen LogP contribution >= 0.6 is 0 Å². The zero-order chi connectivity index (χ0) is 8.81. The molecule has 0 aliphatic heterocycles. The van der Waals surface area contributed by atoms with E-state index in [1.165, 1.54) is 25.7 Å². The van der Waals surface area contributed by atoms with Crippen LogP contribution in [0.3, 0.4) is 0 Å². The Hall–Kier alpha value is -0.0800. The molecule has 1 atom stereocenters. The second-order valence-electron chi connectivity index (χ2n) is 3.74. The largest absolute Gasteiger partial charge is 0.313 e. The normalized spacial score (nSPS) is 19.5. The molecule has 0 radical (unpaired) electrons. The van der Waals surface area contributed by atoms with Gasteiger partial charge in [0.2, 0.25) is 0 Å². The minimum absolute atomic E-state index is 0.686. The molecule has 0 aromatic rings. The van der Waals surface area contributed by atoms with Gasteiger partial charge in [0.05, 0.1) is 0 Å². The summed E-state index contributed by atoms with van der Waals surface area (Å²) in [6.45, 7) is 6.78. The van der Waals surface area contributed by atoms with Gasteiger partial charge in [-0.05, 0) is 32.2 Å². The average molecular weight is 170 g/mol. The molecule has 1 aliphatic rings. The number of hydrogen-bond donors (Lipinski definition) is 2. The summed E-state index contributed by atoms with van der Waals surface area (Å²) in [4.78, 5) is 0. The second-order valence-corrected chi connectivity index (χ2v) is 3.74. The van der Waals surface area contributed by atoms with Gasteiger partial charge in [-0.3, -0.25) is 0 Å². The van der Waals surface area contributed by atoms with Crippen molar-refractivity contribution in [1.29, 1.82) is 0 Å². The van der Waals surface area contributed by atoms with Crippen LogP contribution in [0.25, 0.3) is 0 Å². The smallest absolute Gasteiger partial charge is 0.0189 e. The first-order valence-electron chi connectivity index (χ1n) is 5.33. The molecule has 0 heterocycles. The van der Waals surface area contributed by atoms with E-state index >= 15 is 0 Å². The van der Waals surface area contributed by atoms with Crippen molar-refractivity contribution in [3.8, 4) is 0 Å². The fourth-order valence-corrected chi connectivity index (χ4v) is 1.31. The third kappa shape index (κ3) is 4.07. The highest BCUT2D eigenvalue weighted by Gasteiger charge is 2.20. The summed E-state index contributed by atoms with van der Waals surface area (Å²) in [7, 11) is 0. The van der Waals surface area contributed by atoms with Crippen molar-refractivity contribution < 1.29 is 0 Å². The second kappa shape index (κ2) is 5.55. The van der Waals surface area contributed by atoms with Gasteiger partial charge in [-0.25, -0.2) is 0 Å². The van der Waals surface area contributed by atoms with Gasteiger partial charge in [-0.2, -0.15) is 0 Å². The third-order valence-electron chi connectivity index (χ3n) is 2.41. The molecular formula is C10H22N2. The van der Waals surface area contributed by atoms with E-state index in [1.54, 1.807) is 0 Å². The highest BCUT2D eigenvalue weighted by molar-refractivity contribution is 4.82. The predicted octanol–water partition coefficient (Wildman–Crippen LogP) is 1.52. The van der Waals surface area contributed by atoms with Gasteiger partial charge in [0.1, 0.15) is 0 Å². The Morgan fingerprint density at radius 2 is 2.08 bits per heavy atom. The molecule has 0 aromatic heterocycles. The first-order chi connectivity index (χ1) is 5.86. The molecule has 0 aromatic carbocycles. The van der Waals surface area contributed by atoms with E-state index in [-0.39, 0.29) is 0 Å². The predicted molar refractivity (Wildman–Crippen MR) is 53.4 cm³/mol. The molecule has 2 nitrogen and oxygen atoms in total. The zero-order valence-electron chi connectivity index (χ0n) is 8.40. The van der Waals surface area contributed by atoms with Crippen LogP contribution in [0.5, 0.6) is 0 Å². The molecular weight excluding hydrogens is 148 g/mol. The Morgan fingerprint density at radius 1 is 1.33 bits per heavy atom. The molecule has 1 saturated carbocycles. The Labute approximate surface area is 76.1 Å². The minimum atomic E-state index is 0.686. The zero-order valence-corrected chi connectivity index (χ0v) is 8.40. The van der Waals surface area contributed by atoms with E-state index in [9.17, 15) is 0 Å². The summed E-state index contributed by atoms with van der Waals surface area (Å²) in [5.41, 5.74) is 0. The number of rotatable bonds is 7. The Kier molecular flexibility index (Phi) is 4.62. The number of hydrogen-bond acceptors (Lipinski definition) is 2. The summed E-state index contributed by atoms with van der Waals surface area (Å²) < 4.78 is 0. The molecule has 12 heavy (non-hydrogen) atoms. The third-order valence-corrected chi connectivity index (χ3v) is 2.41. The highest BCUT2D eigenvalue weighted by atomic mass is 15.0. The van der Waals surface area contributed by atoms with Crippen molar-refractivity contribution in [2.75, 3.05) is 13.1 Å². The minimum Gasteiger partial charge on any atom is -0.313 e. The van der Waals surface area contributed by atoms with E-state index in [1.807, 2.05) is 0 Å². The summed E-state index contributed by atoms with van der Waals surface area (Å²) >= 11 is 0. The van der Waals surface area contributed by atoms with Crippen LogP contribution in [0.2, 0.25) is 0 Å². The molecule has 2 N–H and O–H groups in total. The average Bonchev–Trinajstić information content (AvgIpc) is 2.89. The van der Waals surface area contributed by atoms with Crippen molar-refractivity contribution in [1.82, 2.24) is 10.6 Å². The van der Waals surface area contributed by atoms with Crippen molar-refractivity contribution in [2.24, 2.45) is 0 Å². The number of nitrogens with one attached hydrogen (secondary N) is 2. The molecule has 0 amide bonds. The van der Waals surface area contributed by atoms with Crippen molar-refractivity contribution >= 4 is 0 Å². The molecule has 1 aliphatic carbocycles. The van der Waals surface area contributed by atoms with Gasteiger partial charge in [-0.1, -0.05) is 13.8 Å². The van der Waals surface area contributed by atoms with E-state index in [2.05, 4.69) is 24.5 Å². The quantitative estimate of drug-likeness (QED) is 0.605. The van der Waals surface area contributed by atoms with Crippen LogP contribution in [0.4, 0.5) is 0 Å². The van der Waals surface area contributed by atoms with Crippen molar-refractivity contribution in [3.63, 3.8) is 0 Å². The Morgan fingerprint density at radius 3 is 2.58 bits per heavy atom.